The first kappa shape index (κ1) is 32.4. The molecule has 0 aliphatic heterocycles. The standard InChI is InChI=1S/C34H43N5O5/c1-20-16-21(2)37-31(41)28(20)18-36-32(42)30-22(3)29(15-14-27(30)23-8-9-24(19-40)35-17-23)38(7)25-10-12-26(13-11-25)39(33(43)44)34(4,5)6/h8-9,14-17,19,25-26H,10-13,18H2,1-7H3,(H,36,42)(H,37,41)(H,43,44)/t25-,26-. The molecular formula is C34H43N5O5. The average molecular weight is 602 g/mol. The number of carboxylic acid groups (broad SMARTS) is 1. The second-order valence-electron chi connectivity index (χ2n) is 12.7. The van der Waals surface area contributed by atoms with Crippen molar-refractivity contribution in [2.45, 2.75) is 91.4 Å². The molecular weight excluding hydrogens is 558 g/mol. The molecule has 2 heterocycles. The summed E-state index contributed by atoms with van der Waals surface area (Å²) in [5.74, 6) is -0.322. The lowest BCUT2D eigenvalue weighted by atomic mass is 9.86. The van der Waals surface area contributed by atoms with Crippen LogP contribution in [0, 0.1) is 20.8 Å². The van der Waals surface area contributed by atoms with Crippen LogP contribution in [-0.2, 0) is 6.54 Å². The quantitative estimate of drug-likeness (QED) is 0.285. The Kier molecular flexibility index (Phi) is 9.61. The van der Waals surface area contributed by atoms with E-state index in [1.54, 1.807) is 23.2 Å². The molecule has 10 heteroatoms. The fourth-order valence-electron chi connectivity index (χ4n) is 6.50. The Hall–Kier alpha value is -4.47. The molecule has 1 saturated carbocycles. The monoisotopic (exact) mass is 601 g/mol. The zero-order chi connectivity index (χ0) is 32.3. The van der Waals surface area contributed by atoms with Gasteiger partial charge < -0.3 is 25.2 Å². The minimum absolute atomic E-state index is 0.0443. The lowest BCUT2D eigenvalue weighted by molar-refractivity contribution is 0.0547. The van der Waals surface area contributed by atoms with Crippen LogP contribution in [0.1, 0.15) is 89.7 Å². The number of H-pyrrole nitrogens is 1. The van der Waals surface area contributed by atoms with Crippen molar-refractivity contribution in [2.24, 2.45) is 0 Å². The number of aromatic amines is 1. The van der Waals surface area contributed by atoms with Crippen LogP contribution in [0.5, 0.6) is 0 Å². The van der Waals surface area contributed by atoms with Crippen molar-refractivity contribution >= 4 is 24.0 Å². The SMILES string of the molecule is Cc1cc(C)c(CNC(=O)c2c(-c3ccc(C=O)nc3)ccc(N(C)[C@H]3CC[C@H](N(C(=O)O)C(C)(C)C)CC3)c2C)c(=O)[nH]1. The predicted octanol–water partition coefficient (Wildman–Crippen LogP) is 5.63. The van der Waals surface area contributed by atoms with Gasteiger partial charge in [0.25, 0.3) is 11.5 Å². The molecule has 1 fully saturated rings. The van der Waals surface area contributed by atoms with Crippen LogP contribution in [-0.4, -0.2) is 62.9 Å². The van der Waals surface area contributed by atoms with Gasteiger partial charge in [0, 0.05) is 59.9 Å². The Balaban J connectivity index is 1.65. The van der Waals surface area contributed by atoms with Gasteiger partial charge in [-0.2, -0.15) is 0 Å². The molecule has 0 saturated heterocycles. The molecule has 10 nitrogen and oxygen atoms in total. The number of aryl methyl sites for hydroxylation is 2. The van der Waals surface area contributed by atoms with Crippen LogP contribution in [0.2, 0.25) is 0 Å². The molecule has 44 heavy (non-hydrogen) atoms. The highest BCUT2D eigenvalue weighted by Gasteiger charge is 2.36. The topological polar surface area (TPSA) is 136 Å². The van der Waals surface area contributed by atoms with Crippen LogP contribution in [0.3, 0.4) is 0 Å². The highest BCUT2D eigenvalue weighted by atomic mass is 16.4. The zero-order valence-corrected chi connectivity index (χ0v) is 26.7. The molecule has 234 valence electrons. The second-order valence-corrected chi connectivity index (χ2v) is 12.7. The van der Waals surface area contributed by atoms with E-state index in [9.17, 15) is 24.3 Å². The predicted molar refractivity (Wildman–Crippen MR) is 172 cm³/mol. The van der Waals surface area contributed by atoms with E-state index in [4.69, 9.17) is 0 Å². The number of hydrogen-bond acceptors (Lipinski definition) is 6. The number of amides is 2. The van der Waals surface area contributed by atoms with Gasteiger partial charge in [-0.15, -0.1) is 0 Å². The minimum atomic E-state index is -0.894. The number of anilines is 1. The van der Waals surface area contributed by atoms with Gasteiger partial charge in [-0.3, -0.25) is 19.4 Å². The van der Waals surface area contributed by atoms with E-state index in [1.807, 2.05) is 66.8 Å². The van der Waals surface area contributed by atoms with Crippen LogP contribution in [0.15, 0.2) is 41.3 Å². The number of aldehydes is 1. The van der Waals surface area contributed by atoms with E-state index in [0.29, 0.717) is 34.2 Å². The maximum absolute atomic E-state index is 13.9. The Morgan fingerprint density at radius 3 is 2.27 bits per heavy atom. The van der Waals surface area contributed by atoms with Crippen molar-refractivity contribution in [3.63, 3.8) is 0 Å². The van der Waals surface area contributed by atoms with Crippen molar-refractivity contribution in [3.05, 3.63) is 80.5 Å². The largest absolute Gasteiger partial charge is 0.465 e. The zero-order valence-electron chi connectivity index (χ0n) is 26.7. The van der Waals surface area contributed by atoms with Gasteiger partial charge in [-0.25, -0.2) is 4.79 Å². The molecule has 1 aromatic carbocycles. The van der Waals surface area contributed by atoms with Gasteiger partial charge >= 0.3 is 6.09 Å². The number of carbonyl (C=O) groups is 3. The summed E-state index contributed by atoms with van der Waals surface area (Å²) in [7, 11) is 2.02. The number of aromatic nitrogens is 2. The van der Waals surface area contributed by atoms with E-state index < -0.39 is 11.6 Å². The van der Waals surface area contributed by atoms with Crippen molar-refractivity contribution in [2.75, 3.05) is 11.9 Å². The van der Waals surface area contributed by atoms with Crippen LogP contribution < -0.4 is 15.8 Å². The molecule has 3 N–H and O–H groups in total. The second kappa shape index (κ2) is 13.0. The fourth-order valence-corrected chi connectivity index (χ4v) is 6.50. The van der Waals surface area contributed by atoms with Crippen molar-refractivity contribution in [1.29, 1.82) is 0 Å². The number of benzene rings is 1. The summed E-state index contributed by atoms with van der Waals surface area (Å²) in [5.41, 5.74) is 5.14. The summed E-state index contributed by atoms with van der Waals surface area (Å²) in [6.07, 6.45) is 4.50. The van der Waals surface area contributed by atoms with Gasteiger partial charge in [-0.1, -0.05) is 12.1 Å². The highest BCUT2D eigenvalue weighted by molar-refractivity contribution is 6.03. The molecule has 0 atom stereocenters. The Morgan fingerprint density at radius 1 is 1.07 bits per heavy atom. The summed E-state index contributed by atoms with van der Waals surface area (Å²) in [6, 6.07) is 9.28. The Bertz CT molecular complexity index is 1600. The average Bonchev–Trinajstić information content (AvgIpc) is 2.95. The first-order chi connectivity index (χ1) is 20.7. The third-order valence-corrected chi connectivity index (χ3v) is 8.69. The van der Waals surface area contributed by atoms with Gasteiger partial charge in [0.1, 0.15) is 5.69 Å². The van der Waals surface area contributed by atoms with Crippen LogP contribution in [0.25, 0.3) is 11.1 Å². The third kappa shape index (κ3) is 6.85. The van der Waals surface area contributed by atoms with Crippen molar-refractivity contribution < 1.29 is 19.5 Å². The third-order valence-electron chi connectivity index (χ3n) is 8.69. The molecule has 4 rings (SSSR count). The molecule has 0 radical (unpaired) electrons. The van der Waals surface area contributed by atoms with Crippen LogP contribution >= 0.6 is 0 Å². The molecule has 1 aliphatic carbocycles. The number of nitrogens with one attached hydrogen (secondary N) is 2. The van der Waals surface area contributed by atoms with Crippen LogP contribution in [0.4, 0.5) is 10.5 Å². The molecule has 0 spiro atoms. The van der Waals surface area contributed by atoms with Crippen molar-refractivity contribution in [1.82, 2.24) is 20.2 Å². The van der Waals surface area contributed by atoms with E-state index in [0.717, 1.165) is 48.2 Å². The lowest BCUT2D eigenvalue weighted by Crippen LogP contribution is -2.53. The van der Waals surface area contributed by atoms with Gasteiger partial charge in [-0.05, 0) is 102 Å². The summed E-state index contributed by atoms with van der Waals surface area (Å²) in [5, 5.41) is 12.8. The first-order valence-electron chi connectivity index (χ1n) is 15.0. The molecule has 2 aromatic heterocycles. The molecule has 0 unspecified atom stereocenters. The van der Waals surface area contributed by atoms with Crippen molar-refractivity contribution in [3.8, 4) is 11.1 Å². The normalized spacial score (nSPS) is 16.7. The van der Waals surface area contributed by atoms with E-state index in [1.165, 1.54) is 0 Å². The number of rotatable bonds is 8. The van der Waals surface area contributed by atoms with Gasteiger partial charge in [0.05, 0.1) is 5.56 Å². The maximum Gasteiger partial charge on any atom is 0.407 e. The molecule has 2 amide bonds. The number of pyridine rings is 2. The first-order valence-corrected chi connectivity index (χ1v) is 15.0. The maximum atomic E-state index is 13.9. The fraction of sp³-hybridized carbons (Fsp3) is 0.441. The van der Waals surface area contributed by atoms with E-state index in [2.05, 4.69) is 20.2 Å². The van der Waals surface area contributed by atoms with E-state index in [-0.39, 0.29) is 30.1 Å². The Morgan fingerprint density at radius 2 is 1.73 bits per heavy atom. The van der Waals surface area contributed by atoms with Gasteiger partial charge in [0.15, 0.2) is 6.29 Å². The molecule has 0 bridgehead atoms. The molecule has 1 aliphatic rings. The minimum Gasteiger partial charge on any atom is -0.465 e. The summed E-state index contributed by atoms with van der Waals surface area (Å²) < 4.78 is 0. The highest BCUT2D eigenvalue weighted by Crippen LogP contribution is 2.36. The smallest absolute Gasteiger partial charge is 0.407 e. The summed E-state index contributed by atoms with van der Waals surface area (Å²) >= 11 is 0. The summed E-state index contributed by atoms with van der Waals surface area (Å²) in [4.78, 5) is 60.5. The van der Waals surface area contributed by atoms with E-state index >= 15 is 0 Å². The summed E-state index contributed by atoms with van der Waals surface area (Å²) in [6.45, 7) is 11.4. The number of hydrogen-bond donors (Lipinski definition) is 3. The molecule has 3 aromatic rings. The number of nitrogens with zero attached hydrogens (tertiary/aromatic N) is 3. The lowest BCUT2D eigenvalue weighted by Gasteiger charge is -2.44. The number of carbonyl (C=O) groups excluding carboxylic acids is 2. The Labute approximate surface area is 258 Å². The van der Waals surface area contributed by atoms with Gasteiger partial charge in [0.2, 0.25) is 0 Å².